The molecule has 2 atom stereocenters. The van der Waals surface area contributed by atoms with E-state index in [0.29, 0.717) is 5.92 Å². The molecule has 0 aromatic heterocycles. The lowest BCUT2D eigenvalue weighted by Crippen LogP contribution is -2.41. The maximum Gasteiger partial charge on any atom is 0.0669 e. The second-order valence-corrected chi connectivity index (χ2v) is 6.37. The number of hydrogen-bond acceptors (Lipinski definition) is 1. The molecule has 1 nitrogen and oxygen atoms in total. The van der Waals surface area contributed by atoms with Crippen molar-refractivity contribution in [2.45, 2.75) is 38.1 Å². The average Bonchev–Trinajstić information content (AvgIpc) is 2.46. The summed E-state index contributed by atoms with van der Waals surface area (Å²) < 4.78 is 0. The van der Waals surface area contributed by atoms with Gasteiger partial charge in [0, 0.05) is 5.02 Å². The average molecular weight is 286 g/mol. The molecule has 0 bridgehead atoms. The zero-order valence-corrected chi connectivity index (χ0v) is 12.7. The van der Waals surface area contributed by atoms with Gasteiger partial charge in [-0.05, 0) is 54.0 Å². The molecule has 3 rings (SSSR count). The third-order valence-electron chi connectivity index (χ3n) is 4.63. The summed E-state index contributed by atoms with van der Waals surface area (Å²) in [4.78, 5) is 0. The molecule has 2 aromatic rings. The summed E-state index contributed by atoms with van der Waals surface area (Å²) in [6.45, 7) is 4.30. The molecule has 104 valence electrons. The number of aryl methyl sites for hydroxylation is 1. The maximum absolute atomic E-state index is 6.81. The predicted molar refractivity (Wildman–Crippen MR) is 85.2 cm³/mol. The Morgan fingerprint density at radius 3 is 2.70 bits per heavy atom. The fraction of sp³-hybridized carbons (Fsp3) is 0.333. The van der Waals surface area contributed by atoms with Gasteiger partial charge in [0.2, 0.25) is 0 Å². The second kappa shape index (κ2) is 4.91. The van der Waals surface area contributed by atoms with E-state index in [1.165, 1.54) is 11.1 Å². The summed E-state index contributed by atoms with van der Waals surface area (Å²) in [7, 11) is 0. The highest BCUT2D eigenvalue weighted by Gasteiger charge is 2.36. The smallest absolute Gasteiger partial charge is 0.0669 e. The van der Waals surface area contributed by atoms with Gasteiger partial charge in [0.1, 0.15) is 0 Å². The Labute approximate surface area is 125 Å². The van der Waals surface area contributed by atoms with Gasteiger partial charge in [0.25, 0.3) is 0 Å². The molecule has 1 aliphatic rings. The first-order valence-electron chi connectivity index (χ1n) is 7.17. The van der Waals surface area contributed by atoms with Crippen molar-refractivity contribution in [3.8, 4) is 0 Å². The molecule has 0 aliphatic heterocycles. The minimum absolute atomic E-state index is 0.416. The van der Waals surface area contributed by atoms with E-state index in [1.54, 1.807) is 0 Å². The summed E-state index contributed by atoms with van der Waals surface area (Å²) in [5, 5.41) is 0.795. The molecule has 0 amide bonds. The second-order valence-electron chi connectivity index (χ2n) is 5.96. The largest absolute Gasteiger partial charge is 0.318 e. The summed E-state index contributed by atoms with van der Waals surface area (Å²) in [5.41, 5.74) is 11.2. The summed E-state index contributed by atoms with van der Waals surface area (Å²) in [6, 6.07) is 14.8. The third kappa shape index (κ3) is 2.06. The van der Waals surface area contributed by atoms with Crippen molar-refractivity contribution in [2.24, 2.45) is 5.73 Å². The van der Waals surface area contributed by atoms with Crippen molar-refractivity contribution in [1.29, 1.82) is 0 Å². The van der Waals surface area contributed by atoms with Crippen LogP contribution in [0.3, 0.4) is 0 Å². The van der Waals surface area contributed by atoms with Crippen LogP contribution >= 0.6 is 11.6 Å². The molecule has 0 radical (unpaired) electrons. The molecular formula is C18H20ClN. The molecule has 0 saturated heterocycles. The highest BCUT2D eigenvalue weighted by molar-refractivity contribution is 6.31. The standard InChI is InChI=1S/C18H20ClN/c1-12-9-10-18(20,16-6-4-3-5-15(12)16)14-8-7-13(2)17(19)11-14/h3-8,11-12H,9-10,20H2,1-2H3. The maximum atomic E-state index is 6.81. The van der Waals surface area contributed by atoms with Crippen molar-refractivity contribution in [3.63, 3.8) is 0 Å². The Hall–Kier alpha value is -1.31. The van der Waals surface area contributed by atoms with E-state index in [-0.39, 0.29) is 0 Å². The van der Waals surface area contributed by atoms with Gasteiger partial charge >= 0.3 is 0 Å². The monoisotopic (exact) mass is 285 g/mol. The molecule has 2 unspecified atom stereocenters. The van der Waals surface area contributed by atoms with Crippen LogP contribution in [0.2, 0.25) is 5.02 Å². The van der Waals surface area contributed by atoms with E-state index in [1.807, 2.05) is 13.0 Å². The third-order valence-corrected chi connectivity index (χ3v) is 5.04. The van der Waals surface area contributed by atoms with Gasteiger partial charge in [-0.15, -0.1) is 0 Å². The van der Waals surface area contributed by atoms with E-state index in [0.717, 1.165) is 29.0 Å². The lowest BCUT2D eigenvalue weighted by atomic mass is 9.70. The number of rotatable bonds is 1. The van der Waals surface area contributed by atoms with Crippen LogP contribution in [0.15, 0.2) is 42.5 Å². The van der Waals surface area contributed by atoms with E-state index in [2.05, 4.69) is 43.3 Å². The summed E-state index contributed by atoms with van der Waals surface area (Å²) in [6.07, 6.45) is 2.07. The van der Waals surface area contributed by atoms with Gasteiger partial charge in [-0.3, -0.25) is 0 Å². The number of fused-ring (bicyclic) bond motifs is 1. The van der Waals surface area contributed by atoms with Gasteiger partial charge < -0.3 is 5.73 Å². The van der Waals surface area contributed by atoms with Crippen LogP contribution in [-0.4, -0.2) is 0 Å². The van der Waals surface area contributed by atoms with Crippen LogP contribution in [0.1, 0.15) is 47.9 Å². The normalized spacial score (nSPS) is 25.3. The van der Waals surface area contributed by atoms with Gasteiger partial charge in [0.15, 0.2) is 0 Å². The molecule has 0 saturated carbocycles. The predicted octanol–water partition coefficient (Wildman–Crippen LogP) is 4.75. The van der Waals surface area contributed by atoms with Crippen molar-refractivity contribution >= 4 is 11.6 Å². The van der Waals surface area contributed by atoms with Crippen molar-refractivity contribution in [2.75, 3.05) is 0 Å². The molecule has 20 heavy (non-hydrogen) atoms. The zero-order chi connectivity index (χ0) is 14.3. The Kier molecular flexibility index (Phi) is 3.35. The van der Waals surface area contributed by atoms with E-state index in [4.69, 9.17) is 17.3 Å². The van der Waals surface area contributed by atoms with Crippen LogP contribution in [0.4, 0.5) is 0 Å². The van der Waals surface area contributed by atoms with E-state index >= 15 is 0 Å². The zero-order valence-electron chi connectivity index (χ0n) is 12.0. The van der Waals surface area contributed by atoms with Gasteiger partial charge in [0.05, 0.1) is 5.54 Å². The van der Waals surface area contributed by atoms with Crippen LogP contribution in [0.25, 0.3) is 0 Å². The molecule has 2 aromatic carbocycles. The molecule has 0 heterocycles. The Bertz CT molecular complexity index is 650. The van der Waals surface area contributed by atoms with Gasteiger partial charge in [-0.25, -0.2) is 0 Å². The number of nitrogens with two attached hydrogens (primary N) is 1. The van der Waals surface area contributed by atoms with Gasteiger partial charge in [-0.1, -0.05) is 54.9 Å². The van der Waals surface area contributed by atoms with Crippen molar-refractivity contribution in [3.05, 3.63) is 69.7 Å². The molecule has 0 fully saturated rings. The fourth-order valence-corrected chi connectivity index (χ4v) is 3.42. The van der Waals surface area contributed by atoms with Crippen LogP contribution < -0.4 is 5.73 Å². The van der Waals surface area contributed by atoms with Crippen molar-refractivity contribution < 1.29 is 0 Å². The molecule has 0 spiro atoms. The number of hydrogen-bond donors (Lipinski definition) is 1. The van der Waals surface area contributed by atoms with E-state index in [9.17, 15) is 0 Å². The fourth-order valence-electron chi connectivity index (χ4n) is 3.24. The number of halogens is 1. The Balaban J connectivity index is 2.17. The molecule has 2 heteroatoms. The number of benzene rings is 2. The minimum Gasteiger partial charge on any atom is -0.318 e. The van der Waals surface area contributed by atoms with Crippen LogP contribution in [0.5, 0.6) is 0 Å². The summed E-state index contributed by atoms with van der Waals surface area (Å²) in [5.74, 6) is 0.573. The Morgan fingerprint density at radius 1 is 1.20 bits per heavy atom. The van der Waals surface area contributed by atoms with Crippen LogP contribution in [0, 0.1) is 6.92 Å². The first kappa shape index (κ1) is 13.7. The quantitative estimate of drug-likeness (QED) is 0.804. The minimum atomic E-state index is -0.416. The summed E-state index contributed by atoms with van der Waals surface area (Å²) >= 11 is 6.30. The highest BCUT2D eigenvalue weighted by Crippen LogP contribution is 2.43. The van der Waals surface area contributed by atoms with E-state index < -0.39 is 5.54 Å². The molecule has 2 N–H and O–H groups in total. The topological polar surface area (TPSA) is 26.0 Å². The lowest BCUT2D eigenvalue weighted by Gasteiger charge is -2.39. The van der Waals surface area contributed by atoms with Crippen molar-refractivity contribution in [1.82, 2.24) is 0 Å². The SMILES string of the molecule is Cc1ccc(C2(N)CCC(C)c3ccccc32)cc1Cl. The molecular weight excluding hydrogens is 266 g/mol. The van der Waals surface area contributed by atoms with Gasteiger partial charge in [-0.2, -0.15) is 0 Å². The Morgan fingerprint density at radius 2 is 1.95 bits per heavy atom. The first-order valence-corrected chi connectivity index (χ1v) is 7.55. The lowest BCUT2D eigenvalue weighted by molar-refractivity contribution is 0.412. The molecule has 1 aliphatic carbocycles. The first-order chi connectivity index (χ1) is 9.52. The van der Waals surface area contributed by atoms with Crippen LogP contribution in [-0.2, 0) is 5.54 Å². The highest BCUT2D eigenvalue weighted by atomic mass is 35.5.